The summed E-state index contributed by atoms with van der Waals surface area (Å²) < 4.78 is 5.22. The predicted molar refractivity (Wildman–Crippen MR) is 136 cm³/mol. The van der Waals surface area contributed by atoms with Crippen molar-refractivity contribution in [1.29, 1.82) is 0 Å². The normalized spacial score (nSPS) is 19.1. The fourth-order valence-corrected chi connectivity index (χ4v) is 5.56. The number of nitrogens with one attached hydrogen (secondary N) is 1. The number of nitro groups is 1. The Bertz CT molecular complexity index is 1540. The molecule has 0 saturated carbocycles. The predicted octanol–water partition coefficient (Wildman–Crippen LogP) is 3.97. The molecule has 0 aliphatic carbocycles. The second-order valence-corrected chi connectivity index (χ2v) is 9.38. The second-order valence-electron chi connectivity index (χ2n) is 9.38. The number of aromatic amines is 1. The lowest BCUT2D eigenvalue weighted by Gasteiger charge is -2.47. The number of ether oxygens (including phenoxy) is 1. The maximum Gasteiger partial charge on any atom is 0.269 e. The average Bonchev–Trinajstić information content (AvgIpc) is 3.29. The number of amides is 2. The zero-order chi connectivity index (χ0) is 25.7. The Morgan fingerprint density at radius 2 is 1.84 bits per heavy atom. The summed E-state index contributed by atoms with van der Waals surface area (Å²) >= 11 is 0. The number of non-ortho nitro benzene ring substituents is 1. The van der Waals surface area contributed by atoms with Gasteiger partial charge in [-0.05, 0) is 34.9 Å². The molecule has 37 heavy (non-hydrogen) atoms. The molecule has 9 nitrogen and oxygen atoms in total. The molecule has 0 radical (unpaired) electrons. The number of benzene rings is 3. The van der Waals surface area contributed by atoms with Crippen molar-refractivity contribution in [3.8, 4) is 5.75 Å². The van der Waals surface area contributed by atoms with E-state index in [1.165, 1.54) is 12.1 Å². The van der Waals surface area contributed by atoms with Crippen LogP contribution >= 0.6 is 0 Å². The van der Waals surface area contributed by atoms with Crippen molar-refractivity contribution in [3.63, 3.8) is 0 Å². The lowest BCUT2D eigenvalue weighted by Crippen LogP contribution is -2.62. The molecule has 4 aromatic rings. The van der Waals surface area contributed by atoms with E-state index in [9.17, 15) is 19.7 Å². The first-order valence-corrected chi connectivity index (χ1v) is 12.0. The van der Waals surface area contributed by atoms with Crippen LogP contribution in [-0.4, -0.2) is 51.2 Å². The van der Waals surface area contributed by atoms with E-state index in [-0.39, 0.29) is 24.0 Å². The van der Waals surface area contributed by atoms with E-state index < -0.39 is 17.0 Å². The van der Waals surface area contributed by atoms with Crippen molar-refractivity contribution < 1.29 is 19.2 Å². The van der Waals surface area contributed by atoms with Gasteiger partial charge in [-0.2, -0.15) is 0 Å². The number of aromatic nitrogens is 1. The topological polar surface area (TPSA) is 109 Å². The molecule has 1 N–H and O–H groups in total. The summed E-state index contributed by atoms with van der Waals surface area (Å²) in [5.41, 5.74) is 4.08. The van der Waals surface area contributed by atoms with E-state index in [2.05, 4.69) is 4.98 Å². The number of methoxy groups -OCH3 is 1. The van der Waals surface area contributed by atoms with Gasteiger partial charge < -0.3 is 19.5 Å². The lowest BCUT2D eigenvalue weighted by molar-refractivity contribution is -0.384. The molecule has 6 rings (SSSR count). The van der Waals surface area contributed by atoms with Gasteiger partial charge in [-0.3, -0.25) is 19.7 Å². The van der Waals surface area contributed by atoms with E-state index in [1.54, 1.807) is 29.0 Å². The zero-order valence-electron chi connectivity index (χ0n) is 20.1. The number of carbonyl (C=O) groups excluding carboxylic acids is 2. The highest BCUT2D eigenvalue weighted by Gasteiger charge is 2.48. The summed E-state index contributed by atoms with van der Waals surface area (Å²) in [4.78, 5) is 45.2. The number of hydrogen-bond donors (Lipinski definition) is 1. The standard InChI is InChI=1S/C28H24N4O5/c1-37-20-11-9-17(10-12-20)15-30-16-25(33)31-24(28(30)34)14-22-21-7-2-3-8-23(21)29-26(22)27(31)18-5-4-6-19(13-18)32(35)36/h2-13,24,27,29H,14-16H2,1H3/t24-,27?/m0/s1. The van der Waals surface area contributed by atoms with Gasteiger partial charge in [-0.15, -0.1) is 0 Å². The zero-order valence-corrected chi connectivity index (χ0v) is 20.1. The molecular weight excluding hydrogens is 472 g/mol. The molecule has 2 aliphatic heterocycles. The number of rotatable bonds is 5. The van der Waals surface area contributed by atoms with Gasteiger partial charge >= 0.3 is 0 Å². The van der Waals surface area contributed by atoms with Gasteiger partial charge in [0.15, 0.2) is 0 Å². The molecule has 3 aromatic carbocycles. The van der Waals surface area contributed by atoms with Crippen LogP contribution in [0.1, 0.15) is 28.4 Å². The first-order chi connectivity index (χ1) is 17.9. The van der Waals surface area contributed by atoms with Gasteiger partial charge in [0, 0.05) is 41.7 Å². The van der Waals surface area contributed by atoms with Crippen molar-refractivity contribution >= 4 is 28.4 Å². The lowest BCUT2D eigenvalue weighted by atomic mass is 9.86. The van der Waals surface area contributed by atoms with Gasteiger partial charge in [-0.1, -0.05) is 42.5 Å². The second kappa shape index (κ2) is 8.77. The number of piperazine rings is 1. The highest BCUT2D eigenvalue weighted by Crippen LogP contribution is 2.43. The minimum atomic E-state index is -0.713. The molecule has 1 saturated heterocycles. The minimum Gasteiger partial charge on any atom is -0.497 e. The third-order valence-corrected chi connectivity index (χ3v) is 7.27. The number of hydrogen-bond acceptors (Lipinski definition) is 5. The van der Waals surface area contributed by atoms with E-state index in [1.807, 2.05) is 48.5 Å². The van der Waals surface area contributed by atoms with Crippen LogP contribution in [0.3, 0.4) is 0 Å². The van der Waals surface area contributed by atoms with Crippen LogP contribution in [0.4, 0.5) is 5.69 Å². The Morgan fingerprint density at radius 1 is 1.05 bits per heavy atom. The number of nitrogens with zero attached hydrogens (tertiary/aromatic N) is 3. The summed E-state index contributed by atoms with van der Waals surface area (Å²) in [7, 11) is 1.59. The number of fused-ring (bicyclic) bond motifs is 4. The van der Waals surface area contributed by atoms with E-state index >= 15 is 0 Å². The first kappa shape index (κ1) is 22.8. The van der Waals surface area contributed by atoms with Crippen LogP contribution in [0.15, 0.2) is 72.8 Å². The van der Waals surface area contributed by atoms with Crippen molar-refractivity contribution in [2.45, 2.75) is 25.0 Å². The molecule has 1 aromatic heterocycles. The number of carbonyl (C=O) groups is 2. The van der Waals surface area contributed by atoms with Crippen LogP contribution in [0.5, 0.6) is 5.75 Å². The quantitative estimate of drug-likeness (QED) is 0.332. The summed E-state index contributed by atoms with van der Waals surface area (Å²) in [6.45, 7) is 0.240. The van der Waals surface area contributed by atoms with E-state index in [4.69, 9.17) is 4.74 Å². The molecule has 1 unspecified atom stereocenters. The molecule has 2 amide bonds. The monoisotopic (exact) mass is 496 g/mol. The molecule has 3 heterocycles. The van der Waals surface area contributed by atoms with Crippen molar-refractivity contribution in [2.24, 2.45) is 0 Å². The number of nitro benzene ring substituents is 1. The smallest absolute Gasteiger partial charge is 0.269 e. The average molecular weight is 497 g/mol. The molecule has 1 fully saturated rings. The SMILES string of the molecule is COc1ccc(CN2CC(=O)N3C(c4cccc([N+](=O)[O-])c4)c4[nH]c5ccccc5c4C[C@H]3C2=O)cc1. The molecular formula is C28H24N4O5. The molecule has 9 heteroatoms. The van der Waals surface area contributed by atoms with Crippen molar-refractivity contribution in [2.75, 3.05) is 13.7 Å². The summed E-state index contributed by atoms with van der Waals surface area (Å²) in [5.74, 6) is 0.385. The van der Waals surface area contributed by atoms with Crippen molar-refractivity contribution in [3.05, 3.63) is 105 Å². The Kier molecular flexibility index (Phi) is 5.40. The maximum atomic E-state index is 13.8. The molecule has 2 aliphatic rings. The highest BCUT2D eigenvalue weighted by molar-refractivity contribution is 5.97. The van der Waals surface area contributed by atoms with Gasteiger partial charge in [-0.25, -0.2) is 0 Å². The van der Waals surface area contributed by atoms with Crippen LogP contribution < -0.4 is 4.74 Å². The van der Waals surface area contributed by atoms with Gasteiger partial charge in [0.25, 0.3) is 5.69 Å². The molecule has 0 spiro atoms. The van der Waals surface area contributed by atoms with Crippen LogP contribution in [0.25, 0.3) is 10.9 Å². The van der Waals surface area contributed by atoms with Crippen LogP contribution in [0, 0.1) is 10.1 Å². The summed E-state index contributed by atoms with van der Waals surface area (Å²) in [6, 6.07) is 20.2. The third-order valence-electron chi connectivity index (χ3n) is 7.27. The number of para-hydroxylation sites is 1. The summed E-state index contributed by atoms with van der Waals surface area (Å²) in [6.07, 6.45) is 0.370. The minimum absolute atomic E-state index is 0.0609. The fraction of sp³-hybridized carbons (Fsp3) is 0.214. The van der Waals surface area contributed by atoms with Crippen molar-refractivity contribution in [1.82, 2.24) is 14.8 Å². The highest BCUT2D eigenvalue weighted by atomic mass is 16.6. The Hall–Kier alpha value is -4.66. The molecule has 0 bridgehead atoms. The first-order valence-electron chi connectivity index (χ1n) is 12.0. The van der Waals surface area contributed by atoms with Gasteiger partial charge in [0.05, 0.1) is 18.1 Å². The third kappa shape index (κ3) is 3.79. The Labute approximate surface area is 212 Å². The van der Waals surface area contributed by atoms with Gasteiger partial charge in [0.1, 0.15) is 18.3 Å². The van der Waals surface area contributed by atoms with Gasteiger partial charge in [0.2, 0.25) is 11.8 Å². The summed E-state index contributed by atoms with van der Waals surface area (Å²) in [5, 5.41) is 12.5. The molecule has 186 valence electrons. The maximum absolute atomic E-state index is 13.8. The Morgan fingerprint density at radius 3 is 2.59 bits per heavy atom. The number of H-pyrrole nitrogens is 1. The van der Waals surface area contributed by atoms with E-state index in [0.717, 1.165) is 33.5 Å². The van der Waals surface area contributed by atoms with Crippen LogP contribution in [-0.2, 0) is 22.6 Å². The fourth-order valence-electron chi connectivity index (χ4n) is 5.56. The Balaban J connectivity index is 1.43. The largest absolute Gasteiger partial charge is 0.497 e. The molecule has 2 atom stereocenters. The van der Waals surface area contributed by atoms with E-state index in [0.29, 0.717) is 18.5 Å². The van der Waals surface area contributed by atoms with Crippen LogP contribution in [0.2, 0.25) is 0 Å².